The topological polar surface area (TPSA) is 37.3 Å². The van der Waals surface area contributed by atoms with Gasteiger partial charge in [0.1, 0.15) is 0 Å². The van der Waals surface area contributed by atoms with Crippen molar-refractivity contribution in [2.45, 2.75) is 6.92 Å². The minimum absolute atomic E-state index is 0. The molecule has 0 aliphatic carbocycles. The third-order valence-corrected chi connectivity index (χ3v) is 0. The zero-order chi connectivity index (χ0) is 3.58. The average molecular weight is 265 g/mol. The van der Waals surface area contributed by atoms with Crippen molar-refractivity contribution >= 4 is 5.97 Å². The zero-order valence-corrected chi connectivity index (χ0v) is 11.0. The fourth-order valence-electron chi connectivity index (χ4n) is 0. The van der Waals surface area contributed by atoms with Crippen molar-refractivity contribution in [3.8, 4) is 0 Å². The maximum atomic E-state index is 9.00. The zero-order valence-electron chi connectivity index (χ0n) is 6.71. The molecule has 0 amide bonds. The van der Waals surface area contributed by atoms with Gasteiger partial charge >= 0.3 is 59.1 Å². The van der Waals surface area contributed by atoms with Crippen LogP contribution in [0.4, 0.5) is 0 Å². The molecule has 36 valence electrons. The summed E-state index contributed by atoms with van der Waals surface area (Å²) < 4.78 is 0. The van der Waals surface area contributed by atoms with Gasteiger partial charge in [0.05, 0.1) is 0 Å². The van der Waals surface area contributed by atoms with Gasteiger partial charge in [-0.2, -0.15) is 0 Å². The molecule has 0 atom stereocenters. The summed E-state index contributed by atoms with van der Waals surface area (Å²) in [6, 6.07) is 0. The van der Waals surface area contributed by atoms with Gasteiger partial charge in [0, 0.05) is 46.9 Å². The second kappa shape index (κ2) is 15.9. The Hall–Kier alpha value is 2.79. The number of carboxylic acid groups (broad SMARTS) is 1. The number of hydrogen-bond donors (Lipinski definition) is 1. The molecule has 2 nitrogen and oxygen atoms in total. The summed E-state index contributed by atoms with van der Waals surface area (Å²) >= 11 is 0. The van der Waals surface area contributed by atoms with Gasteiger partial charge in [-0.05, 0) is 0 Å². The number of hydrogen-bond acceptors (Lipinski definition) is 1. The Labute approximate surface area is 122 Å². The summed E-state index contributed by atoms with van der Waals surface area (Å²) in [6.07, 6.45) is 0. The second-order valence-electron chi connectivity index (χ2n) is 0.519. The predicted molar refractivity (Wildman–Crippen MR) is 15.5 cm³/mol. The van der Waals surface area contributed by atoms with Crippen LogP contribution in [0.15, 0.2) is 0 Å². The summed E-state index contributed by atoms with van der Waals surface area (Å²) in [4.78, 5) is 9.00. The van der Waals surface area contributed by atoms with Gasteiger partial charge < -0.3 is 7.96 Å². The Kier molecular flexibility index (Phi) is 51.3. The quantitative estimate of drug-likeness (QED) is 0.443. The molecule has 0 aromatic carbocycles. The number of aliphatic carboxylic acids is 1. The molecular formula is C2H6GdNa2O2. The van der Waals surface area contributed by atoms with Gasteiger partial charge in [0.15, 0.2) is 0 Å². The molecule has 0 fully saturated rings. The fourth-order valence-corrected chi connectivity index (χ4v) is 0. The predicted octanol–water partition coefficient (Wildman–Crippen LogP) is -5.68. The van der Waals surface area contributed by atoms with Crippen molar-refractivity contribution in [3.63, 3.8) is 0 Å². The SMILES string of the molecule is CC(=O)O.[Gd].[H-].[H-].[Na+].[Na+]. The third kappa shape index (κ3) is 52.0. The first-order chi connectivity index (χ1) is 1.73. The molecule has 0 heterocycles. The minimum atomic E-state index is -0.833. The molecule has 0 aliphatic heterocycles. The number of carbonyl (C=O) groups is 1. The molecule has 0 aromatic heterocycles. The molecule has 0 saturated heterocycles. The molecule has 0 spiro atoms. The van der Waals surface area contributed by atoms with E-state index in [-0.39, 0.29) is 102 Å². The Balaban J connectivity index is -0.00000000450. The molecule has 0 rings (SSSR count). The van der Waals surface area contributed by atoms with Crippen molar-refractivity contribution in [3.05, 3.63) is 0 Å². The molecule has 1 N–H and O–H groups in total. The first kappa shape index (κ1) is 22.6. The van der Waals surface area contributed by atoms with Gasteiger partial charge in [-0.1, -0.05) is 0 Å². The average Bonchev–Trinajstić information content (AvgIpc) is 0.811. The first-order valence-corrected chi connectivity index (χ1v) is 0.928. The van der Waals surface area contributed by atoms with E-state index in [1.54, 1.807) is 0 Å². The van der Waals surface area contributed by atoms with E-state index in [9.17, 15) is 0 Å². The van der Waals surface area contributed by atoms with Crippen molar-refractivity contribution in [2.24, 2.45) is 0 Å². The van der Waals surface area contributed by atoms with Crippen molar-refractivity contribution in [2.75, 3.05) is 0 Å². The molecule has 0 bridgehead atoms. The van der Waals surface area contributed by atoms with E-state index in [0.717, 1.165) is 6.92 Å². The van der Waals surface area contributed by atoms with E-state index in [4.69, 9.17) is 9.90 Å². The fraction of sp³-hybridized carbons (Fsp3) is 0.500. The van der Waals surface area contributed by atoms with Gasteiger partial charge in [-0.25, -0.2) is 0 Å². The Morgan fingerprint density at radius 2 is 1.57 bits per heavy atom. The van der Waals surface area contributed by atoms with E-state index in [1.165, 1.54) is 0 Å². The molecule has 0 aromatic rings. The standard InChI is InChI=1S/C2H4O2.Gd.2Na.2H/c1-2(3)4;;;;;/h1H3,(H,3,4);;;;;/q;;2*+1;2*-1. The summed E-state index contributed by atoms with van der Waals surface area (Å²) in [5.74, 6) is -0.833. The number of rotatable bonds is 0. The van der Waals surface area contributed by atoms with Crippen LogP contribution in [0.5, 0.6) is 0 Å². The van der Waals surface area contributed by atoms with Crippen LogP contribution in [-0.2, 0) is 4.79 Å². The van der Waals surface area contributed by atoms with Gasteiger partial charge in [-0.3, -0.25) is 4.79 Å². The van der Waals surface area contributed by atoms with Crippen LogP contribution in [0.1, 0.15) is 9.78 Å². The first-order valence-electron chi connectivity index (χ1n) is 0.928. The van der Waals surface area contributed by atoms with Crippen LogP contribution in [0, 0.1) is 39.9 Å². The van der Waals surface area contributed by atoms with Gasteiger partial charge in [0.2, 0.25) is 0 Å². The van der Waals surface area contributed by atoms with E-state index >= 15 is 0 Å². The van der Waals surface area contributed by atoms with Crippen molar-refractivity contribution in [1.29, 1.82) is 0 Å². The Morgan fingerprint density at radius 1 is 1.57 bits per heavy atom. The molecule has 5 heteroatoms. The van der Waals surface area contributed by atoms with Crippen LogP contribution in [0.25, 0.3) is 0 Å². The Bertz CT molecular complexity index is 43.5. The van der Waals surface area contributed by atoms with Crippen LogP contribution < -0.4 is 59.1 Å². The van der Waals surface area contributed by atoms with Crippen LogP contribution in [0.3, 0.4) is 0 Å². The molecule has 0 unspecified atom stereocenters. The third-order valence-electron chi connectivity index (χ3n) is 0. The monoisotopic (exact) mass is 266 g/mol. The number of carboxylic acids is 1. The maximum Gasteiger partial charge on any atom is 1.00 e. The minimum Gasteiger partial charge on any atom is -1.00 e. The maximum absolute atomic E-state index is 9.00. The van der Waals surface area contributed by atoms with Crippen LogP contribution in [-0.4, -0.2) is 11.1 Å². The Morgan fingerprint density at radius 3 is 1.57 bits per heavy atom. The molecule has 0 radical (unpaired) electrons. The second-order valence-corrected chi connectivity index (χ2v) is 0.519. The van der Waals surface area contributed by atoms with E-state index in [2.05, 4.69) is 0 Å². The molecule has 7 heavy (non-hydrogen) atoms. The van der Waals surface area contributed by atoms with E-state index in [1.807, 2.05) is 0 Å². The van der Waals surface area contributed by atoms with Crippen molar-refractivity contribution < 1.29 is 112 Å². The summed E-state index contributed by atoms with van der Waals surface area (Å²) in [6.45, 7) is 1.08. The van der Waals surface area contributed by atoms with E-state index in [0.29, 0.717) is 0 Å². The molecule has 0 aliphatic rings. The van der Waals surface area contributed by atoms with Crippen LogP contribution in [0.2, 0.25) is 0 Å². The van der Waals surface area contributed by atoms with Crippen molar-refractivity contribution in [1.82, 2.24) is 0 Å². The summed E-state index contributed by atoms with van der Waals surface area (Å²) in [7, 11) is 0. The summed E-state index contributed by atoms with van der Waals surface area (Å²) in [5.41, 5.74) is 0. The molecule has 0 saturated carbocycles. The normalized spacial score (nSPS) is 3.57. The summed E-state index contributed by atoms with van der Waals surface area (Å²) in [5, 5.41) is 7.42. The molecular weight excluding hydrogens is 259 g/mol. The smallest absolute Gasteiger partial charge is 1.00 e. The van der Waals surface area contributed by atoms with Crippen LogP contribution >= 0.6 is 0 Å². The van der Waals surface area contributed by atoms with Gasteiger partial charge in [0.25, 0.3) is 5.97 Å². The van der Waals surface area contributed by atoms with E-state index < -0.39 is 5.97 Å². The largest absolute Gasteiger partial charge is 1.00 e. The van der Waals surface area contributed by atoms with Gasteiger partial charge in [-0.15, -0.1) is 0 Å².